The van der Waals surface area contributed by atoms with Gasteiger partial charge in [0, 0.05) is 30.6 Å². The third-order valence-corrected chi connectivity index (χ3v) is 4.28. The Kier molecular flexibility index (Phi) is 5.77. The number of nitro benzene ring substituents is 1. The van der Waals surface area contributed by atoms with Crippen LogP contribution in [0.1, 0.15) is 50.4 Å². The summed E-state index contributed by atoms with van der Waals surface area (Å²) < 4.78 is 5.14. The summed E-state index contributed by atoms with van der Waals surface area (Å²) in [5, 5.41) is 11.0. The number of esters is 1. The zero-order valence-corrected chi connectivity index (χ0v) is 14.9. The molecule has 1 heterocycles. The van der Waals surface area contributed by atoms with Gasteiger partial charge in [0.25, 0.3) is 5.69 Å². The number of rotatable bonds is 5. The quantitative estimate of drug-likeness (QED) is 0.460. The topological polar surface area (TPSA) is 89.8 Å². The Morgan fingerprint density at radius 2 is 1.84 bits per heavy atom. The molecule has 0 bridgehead atoms. The highest BCUT2D eigenvalue weighted by molar-refractivity contribution is 5.98. The van der Waals surface area contributed by atoms with Crippen molar-refractivity contribution >= 4 is 23.1 Å². The van der Waals surface area contributed by atoms with Crippen LogP contribution in [0, 0.1) is 15.5 Å². The molecule has 0 aromatic heterocycles. The molecule has 2 rings (SSSR count). The summed E-state index contributed by atoms with van der Waals surface area (Å²) in [5.74, 6) is -0.910. The first-order chi connectivity index (χ1) is 11.7. The molecule has 0 N–H and O–H groups in total. The average Bonchev–Trinajstić information content (AvgIpc) is 2.58. The number of anilines is 1. The monoisotopic (exact) mass is 348 g/mol. The molecule has 0 atom stereocenters. The van der Waals surface area contributed by atoms with Crippen LogP contribution in [-0.4, -0.2) is 36.4 Å². The van der Waals surface area contributed by atoms with Crippen molar-refractivity contribution in [2.24, 2.45) is 5.41 Å². The van der Waals surface area contributed by atoms with Crippen LogP contribution in [-0.2, 0) is 9.53 Å². The fourth-order valence-electron chi connectivity index (χ4n) is 2.64. The average molecular weight is 348 g/mol. The number of carbonyl (C=O) groups excluding carboxylic acids is 2. The number of piperidine rings is 1. The van der Waals surface area contributed by atoms with Crippen LogP contribution in [0.4, 0.5) is 11.4 Å². The minimum atomic E-state index is -0.707. The summed E-state index contributed by atoms with van der Waals surface area (Å²) in [7, 11) is 0. The number of ketones is 1. The Morgan fingerprint density at radius 3 is 2.40 bits per heavy atom. The van der Waals surface area contributed by atoms with Crippen LogP contribution < -0.4 is 4.90 Å². The number of nitrogens with zero attached hydrogens (tertiary/aromatic N) is 2. The highest BCUT2D eigenvalue weighted by Crippen LogP contribution is 2.29. The molecule has 0 saturated carbocycles. The molecular formula is C18H24N2O5. The van der Waals surface area contributed by atoms with E-state index in [1.165, 1.54) is 12.1 Å². The zero-order chi connectivity index (χ0) is 18.6. The van der Waals surface area contributed by atoms with Crippen molar-refractivity contribution in [2.45, 2.75) is 40.0 Å². The fourth-order valence-corrected chi connectivity index (χ4v) is 2.64. The van der Waals surface area contributed by atoms with Crippen LogP contribution >= 0.6 is 0 Å². The van der Waals surface area contributed by atoms with E-state index in [9.17, 15) is 19.7 Å². The Bertz CT molecular complexity index is 673. The van der Waals surface area contributed by atoms with Crippen molar-refractivity contribution in [3.8, 4) is 0 Å². The van der Waals surface area contributed by atoms with Crippen molar-refractivity contribution in [3.05, 3.63) is 33.9 Å². The van der Waals surface area contributed by atoms with Gasteiger partial charge in [-0.1, -0.05) is 20.8 Å². The zero-order valence-electron chi connectivity index (χ0n) is 14.9. The summed E-state index contributed by atoms with van der Waals surface area (Å²) >= 11 is 0. The van der Waals surface area contributed by atoms with Gasteiger partial charge in [0.15, 0.2) is 12.4 Å². The van der Waals surface area contributed by atoms with E-state index in [2.05, 4.69) is 0 Å². The van der Waals surface area contributed by atoms with E-state index >= 15 is 0 Å². The van der Waals surface area contributed by atoms with Crippen LogP contribution in [0.3, 0.4) is 0 Å². The molecule has 25 heavy (non-hydrogen) atoms. The highest BCUT2D eigenvalue weighted by atomic mass is 16.6. The van der Waals surface area contributed by atoms with E-state index in [1.807, 2.05) is 4.90 Å². The lowest BCUT2D eigenvalue weighted by atomic mass is 9.91. The van der Waals surface area contributed by atoms with Gasteiger partial charge in [-0.2, -0.15) is 0 Å². The minimum absolute atomic E-state index is 0.137. The number of non-ortho nitro benzene ring substituents is 1. The largest absolute Gasteiger partial charge is 0.454 e. The smallest absolute Gasteiger partial charge is 0.340 e. The van der Waals surface area contributed by atoms with E-state index in [-0.39, 0.29) is 23.6 Å². The van der Waals surface area contributed by atoms with Crippen LogP contribution in [0.25, 0.3) is 0 Å². The second-order valence-electron chi connectivity index (χ2n) is 7.26. The first-order valence-corrected chi connectivity index (χ1v) is 8.44. The van der Waals surface area contributed by atoms with Crippen molar-refractivity contribution < 1.29 is 19.2 Å². The SMILES string of the molecule is CC(C)(C)C(=O)COC(=O)c1cc([N+](=O)[O-])ccc1N1CCCCC1. The van der Waals surface area contributed by atoms with E-state index in [1.54, 1.807) is 26.8 Å². The minimum Gasteiger partial charge on any atom is -0.454 e. The second-order valence-corrected chi connectivity index (χ2v) is 7.26. The molecular weight excluding hydrogens is 324 g/mol. The molecule has 1 aliphatic rings. The molecule has 0 unspecified atom stereocenters. The number of benzene rings is 1. The number of Topliss-reactive ketones (excluding diaryl/α,β-unsaturated/α-hetero) is 1. The lowest BCUT2D eigenvalue weighted by Gasteiger charge is -2.30. The summed E-state index contributed by atoms with van der Waals surface area (Å²) in [6, 6.07) is 4.21. The molecule has 0 aliphatic carbocycles. The molecule has 0 spiro atoms. The molecule has 7 heteroatoms. The number of hydrogen-bond donors (Lipinski definition) is 0. The third-order valence-electron chi connectivity index (χ3n) is 4.28. The molecule has 1 saturated heterocycles. The Morgan fingerprint density at radius 1 is 1.20 bits per heavy atom. The Hall–Kier alpha value is -2.44. The maximum absolute atomic E-state index is 12.5. The van der Waals surface area contributed by atoms with Gasteiger partial charge in [0.1, 0.15) is 0 Å². The number of ether oxygens (including phenoxy) is 1. The normalized spacial score (nSPS) is 14.9. The Balaban J connectivity index is 2.25. The second kappa shape index (κ2) is 7.63. The summed E-state index contributed by atoms with van der Waals surface area (Å²) in [4.78, 5) is 37.0. The Labute approximate surface area is 147 Å². The number of carbonyl (C=O) groups is 2. The highest BCUT2D eigenvalue weighted by Gasteiger charge is 2.26. The summed E-state index contributed by atoms with van der Waals surface area (Å²) in [6.45, 7) is 6.48. The standard InChI is InChI=1S/C18H24N2O5/c1-18(2,3)16(21)12-25-17(22)14-11-13(20(23)24)7-8-15(14)19-9-5-4-6-10-19/h7-8,11H,4-6,9-10,12H2,1-3H3. The summed E-state index contributed by atoms with van der Waals surface area (Å²) in [5.41, 5.74) is -0.0234. The van der Waals surface area contributed by atoms with Crippen molar-refractivity contribution in [1.29, 1.82) is 0 Å². The van der Waals surface area contributed by atoms with Crippen molar-refractivity contribution in [2.75, 3.05) is 24.6 Å². The predicted octanol–water partition coefficient (Wildman–Crippen LogP) is 3.36. The molecule has 1 aliphatic heterocycles. The van der Waals surface area contributed by atoms with Gasteiger partial charge < -0.3 is 9.64 Å². The summed E-state index contributed by atoms with van der Waals surface area (Å²) in [6.07, 6.45) is 3.14. The molecule has 0 radical (unpaired) electrons. The van der Waals surface area contributed by atoms with Gasteiger partial charge in [-0.25, -0.2) is 4.79 Å². The van der Waals surface area contributed by atoms with Gasteiger partial charge in [-0.15, -0.1) is 0 Å². The molecule has 136 valence electrons. The van der Waals surface area contributed by atoms with E-state index in [0.717, 1.165) is 32.4 Å². The lowest BCUT2D eigenvalue weighted by Crippen LogP contribution is -2.31. The number of hydrogen-bond acceptors (Lipinski definition) is 6. The molecule has 7 nitrogen and oxygen atoms in total. The molecule has 1 fully saturated rings. The predicted molar refractivity (Wildman–Crippen MR) is 93.9 cm³/mol. The molecule has 0 amide bonds. The van der Waals surface area contributed by atoms with E-state index in [4.69, 9.17) is 4.74 Å². The number of nitro groups is 1. The van der Waals surface area contributed by atoms with Crippen LogP contribution in [0.5, 0.6) is 0 Å². The first kappa shape index (κ1) is 18.9. The molecule has 1 aromatic rings. The molecule has 1 aromatic carbocycles. The van der Waals surface area contributed by atoms with Crippen molar-refractivity contribution in [1.82, 2.24) is 0 Å². The van der Waals surface area contributed by atoms with Crippen LogP contribution in [0.2, 0.25) is 0 Å². The lowest BCUT2D eigenvalue weighted by molar-refractivity contribution is -0.384. The van der Waals surface area contributed by atoms with Gasteiger partial charge in [0.2, 0.25) is 0 Å². The van der Waals surface area contributed by atoms with Gasteiger partial charge >= 0.3 is 5.97 Å². The maximum atomic E-state index is 12.5. The fraction of sp³-hybridized carbons (Fsp3) is 0.556. The first-order valence-electron chi connectivity index (χ1n) is 8.44. The van der Waals surface area contributed by atoms with E-state index < -0.39 is 16.3 Å². The van der Waals surface area contributed by atoms with E-state index in [0.29, 0.717) is 5.69 Å². The van der Waals surface area contributed by atoms with Gasteiger partial charge in [-0.3, -0.25) is 14.9 Å². The van der Waals surface area contributed by atoms with Crippen LogP contribution in [0.15, 0.2) is 18.2 Å². The van der Waals surface area contributed by atoms with Crippen molar-refractivity contribution in [3.63, 3.8) is 0 Å². The van der Waals surface area contributed by atoms with Gasteiger partial charge in [0.05, 0.1) is 16.2 Å². The maximum Gasteiger partial charge on any atom is 0.340 e. The van der Waals surface area contributed by atoms with Gasteiger partial charge in [-0.05, 0) is 25.3 Å². The third kappa shape index (κ3) is 4.78.